The molecule has 1 aromatic carbocycles. The average Bonchev–Trinajstić information content (AvgIpc) is 2.99. The van der Waals surface area contributed by atoms with E-state index in [1.54, 1.807) is 10.3 Å². The van der Waals surface area contributed by atoms with E-state index in [9.17, 15) is 22.8 Å². The fourth-order valence-corrected chi connectivity index (χ4v) is 3.08. The van der Waals surface area contributed by atoms with Gasteiger partial charge in [0.05, 0.1) is 23.5 Å². The fourth-order valence-electron chi connectivity index (χ4n) is 2.33. The molecule has 0 fully saturated rings. The third kappa shape index (κ3) is 6.33. The number of rotatable bonds is 7. The number of para-hydroxylation sites is 1. The zero-order valence-corrected chi connectivity index (χ0v) is 15.6. The maximum absolute atomic E-state index is 13.0. The van der Waals surface area contributed by atoms with Crippen molar-refractivity contribution in [3.8, 4) is 0 Å². The van der Waals surface area contributed by atoms with E-state index in [1.807, 2.05) is 6.92 Å². The lowest BCUT2D eigenvalue weighted by Crippen LogP contribution is -2.33. The molecule has 0 saturated carbocycles. The highest BCUT2D eigenvalue weighted by Crippen LogP contribution is 2.34. The predicted molar refractivity (Wildman–Crippen MR) is 97.4 cm³/mol. The van der Waals surface area contributed by atoms with E-state index in [1.165, 1.54) is 36.5 Å². The average molecular weight is 400 g/mol. The van der Waals surface area contributed by atoms with Crippen molar-refractivity contribution in [2.75, 3.05) is 23.7 Å². The molecule has 0 atom stereocenters. The van der Waals surface area contributed by atoms with Crippen molar-refractivity contribution in [2.24, 2.45) is 0 Å². The van der Waals surface area contributed by atoms with Gasteiger partial charge in [-0.3, -0.25) is 14.5 Å². The van der Waals surface area contributed by atoms with Gasteiger partial charge < -0.3 is 10.6 Å². The molecule has 10 heteroatoms. The first kappa shape index (κ1) is 20.8. The Morgan fingerprint density at radius 2 is 1.93 bits per heavy atom. The Labute approximate surface area is 158 Å². The molecular weight excluding hydrogens is 381 g/mol. The summed E-state index contributed by atoms with van der Waals surface area (Å²) in [4.78, 5) is 29.2. The minimum absolute atomic E-state index is 0.0876. The maximum atomic E-state index is 13.0. The Hall–Kier alpha value is -2.46. The summed E-state index contributed by atoms with van der Waals surface area (Å²) in [6.07, 6.45) is -4.55. The molecule has 1 aromatic heterocycles. The van der Waals surface area contributed by atoms with Crippen molar-refractivity contribution >= 4 is 34.0 Å². The van der Waals surface area contributed by atoms with Gasteiger partial charge in [-0.2, -0.15) is 13.2 Å². The molecule has 0 aliphatic heterocycles. The highest BCUT2D eigenvalue weighted by molar-refractivity contribution is 7.13. The van der Waals surface area contributed by atoms with Crippen LogP contribution in [0.5, 0.6) is 0 Å². The lowest BCUT2D eigenvalue weighted by Gasteiger charge is -2.19. The third-order valence-electron chi connectivity index (χ3n) is 3.54. The van der Waals surface area contributed by atoms with Crippen LogP contribution >= 0.6 is 11.3 Å². The molecule has 2 N–H and O–H groups in total. The fraction of sp³-hybridized carbons (Fsp3) is 0.353. The van der Waals surface area contributed by atoms with E-state index < -0.39 is 17.6 Å². The Bertz CT molecular complexity index is 807. The number of alkyl halides is 3. The summed E-state index contributed by atoms with van der Waals surface area (Å²) in [6, 6.07) is 4.84. The molecule has 0 aliphatic rings. The summed E-state index contributed by atoms with van der Waals surface area (Å²) in [5.41, 5.74) is -0.498. The van der Waals surface area contributed by atoms with Gasteiger partial charge in [-0.1, -0.05) is 19.1 Å². The molecule has 6 nitrogen and oxygen atoms in total. The summed E-state index contributed by atoms with van der Waals surface area (Å²) in [5, 5.41) is 7.11. The van der Waals surface area contributed by atoms with E-state index in [-0.39, 0.29) is 18.1 Å². The summed E-state index contributed by atoms with van der Waals surface area (Å²) < 4.78 is 39.0. The quantitative estimate of drug-likeness (QED) is 0.745. The number of amides is 2. The number of benzene rings is 1. The first-order valence-corrected chi connectivity index (χ1v) is 8.97. The number of thiazole rings is 1. The topological polar surface area (TPSA) is 74.3 Å². The number of anilines is 2. The molecule has 0 spiro atoms. The van der Waals surface area contributed by atoms with Gasteiger partial charge in [0.1, 0.15) is 0 Å². The number of carbonyl (C=O) groups excluding carboxylic acids is 2. The molecule has 27 heavy (non-hydrogen) atoms. The molecule has 2 amide bonds. The lowest BCUT2D eigenvalue weighted by atomic mass is 10.1. The van der Waals surface area contributed by atoms with Crippen LogP contribution in [0.1, 0.15) is 25.1 Å². The van der Waals surface area contributed by atoms with Crippen LogP contribution in [-0.4, -0.2) is 34.8 Å². The van der Waals surface area contributed by atoms with Crippen molar-refractivity contribution in [2.45, 2.75) is 26.6 Å². The monoisotopic (exact) mass is 400 g/mol. The van der Waals surface area contributed by atoms with E-state index in [2.05, 4.69) is 15.6 Å². The Morgan fingerprint density at radius 1 is 1.22 bits per heavy atom. The molecule has 0 saturated heterocycles. The second-order valence-electron chi connectivity index (χ2n) is 5.72. The zero-order chi connectivity index (χ0) is 20.0. The van der Waals surface area contributed by atoms with Gasteiger partial charge in [0, 0.05) is 18.8 Å². The summed E-state index contributed by atoms with van der Waals surface area (Å²) in [5.74, 6) is -0.781. The Balaban J connectivity index is 1.99. The number of halogens is 3. The number of nitrogens with one attached hydrogen (secondary N) is 2. The predicted octanol–water partition coefficient (Wildman–Crippen LogP) is 3.58. The van der Waals surface area contributed by atoms with E-state index in [0.29, 0.717) is 23.9 Å². The summed E-state index contributed by atoms with van der Waals surface area (Å²) in [7, 11) is 0. The van der Waals surface area contributed by atoms with Crippen molar-refractivity contribution in [1.82, 2.24) is 9.88 Å². The van der Waals surface area contributed by atoms with Gasteiger partial charge in [0.2, 0.25) is 11.8 Å². The Kier molecular flexibility index (Phi) is 6.92. The SMILES string of the molecule is CCN(CC(=O)Nc1ccccc1C(F)(F)F)Cc1csc(NC(C)=O)n1. The van der Waals surface area contributed by atoms with Crippen molar-refractivity contribution < 1.29 is 22.8 Å². The molecule has 0 unspecified atom stereocenters. The van der Waals surface area contributed by atoms with Crippen LogP contribution in [0.25, 0.3) is 0 Å². The van der Waals surface area contributed by atoms with Crippen LogP contribution < -0.4 is 10.6 Å². The molecular formula is C17H19F3N4O2S. The van der Waals surface area contributed by atoms with E-state index >= 15 is 0 Å². The highest BCUT2D eigenvalue weighted by Gasteiger charge is 2.33. The summed E-state index contributed by atoms with van der Waals surface area (Å²) in [6.45, 7) is 3.96. The van der Waals surface area contributed by atoms with Gasteiger partial charge in [-0.15, -0.1) is 11.3 Å². The molecule has 1 heterocycles. The van der Waals surface area contributed by atoms with Gasteiger partial charge in [-0.25, -0.2) is 4.98 Å². The van der Waals surface area contributed by atoms with Crippen LogP contribution in [0.2, 0.25) is 0 Å². The largest absolute Gasteiger partial charge is 0.418 e. The number of hydrogen-bond acceptors (Lipinski definition) is 5. The first-order valence-electron chi connectivity index (χ1n) is 8.09. The molecule has 2 aromatic rings. The Morgan fingerprint density at radius 3 is 2.56 bits per heavy atom. The minimum atomic E-state index is -4.55. The minimum Gasteiger partial charge on any atom is -0.324 e. The highest BCUT2D eigenvalue weighted by atomic mass is 32.1. The zero-order valence-electron chi connectivity index (χ0n) is 14.8. The van der Waals surface area contributed by atoms with Crippen LogP contribution in [0.3, 0.4) is 0 Å². The molecule has 2 rings (SSSR count). The maximum Gasteiger partial charge on any atom is 0.418 e. The number of hydrogen-bond donors (Lipinski definition) is 2. The van der Waals surface area contributed by atoms with Crippen LogP contribution in [0.15, 0.2) is 29.6 Å². The molecule has 0 aliphatic carbocycles. The van der Waals surface area contributed by atoms with E-state index in [0.717, 1.165) is 6.07 Å². The summed E-state index contributed by atoms with van der Waals surface area (Å²) >= 11 is 1.26. The first-order chi connectivity index (χ1) is 12.7. The normalized spacial score (nSPS) is 11.5. The van der Waals surface area contributed by atoms with Gasteiger partial charge in [0.15, 0.2) is 5.13 Å². The number of nitrogens with zero attached hydrogens (tertiary/aromatic N) is 2. The molecule has 146 valence electrons. The lowest BCUT2D eigenvalue weighted by molar-refractivity contribution is -0.137. The van der Waals surface area contributed by atoms with Crippen LogP contribution in [0.4, 0.5) is 24.0 Å². The van der Waals surface area contributed by atoms with Gasteiger partial charge >= 0.3 is 6.18 Å². The van der Waals surface area contributed by atoms with Gasteiger partial charge in [-0.05, 0) is 18.7 Å². The molecule has 0 bridgehead atoms. The number of likely N-dealkylation sites (N-methyl/N-ethyl adjacent to an activating group) is 1. The smallest absolute Gasteiger partial charge is 0.324 e. The standard InChI is InChI=1S/C17H19F3N4O2S/c1-3-24(8-12-10-27-16(22-12)21-11(2)25)9-15(26)23-14-7-5-4-6-13(14)17(18,19)20/h4-7,10H,3,8-9H2,1-2H3,(H,23,26)(H,21,22,25). The van der Waals surface area contributed by atoms with Crippen molar-refractivity contribution in [1.29, 1.82) is 0 Å². The van der Waals surface area contributed by atoms with Crippen molar-refractivity contribution in [3.63, 3.8) is 0 Å². The number of carbonyl (C=O) groups is 2. The van der Waals surface area contributed by atoms with Crippen LogP contribution in [0, 0.1) is 0 Å². The van der Waals surface area contributed by atoms with Gasteiger partial charge in [0.25, 0.3) is 0 Å². The van der Waals surface area contributed by atoms with Crippen molar-refractivity contribution in [3.05, 3.63) is 40.9 Å². The second-order valence-corrected chi connectivity index (χ2v) is 6.58. The third-order valence-corrected chi connectivity index (χ3v) is 4.35. The molecule has 0 radical (unpaired) electrons. The number of aromatic nitrogens is 1. The second kappa shape index (κ2) is 8.96. The van der Waals surface area contributed by atoms with E-state index in [4.69, 9.17) is 0 Å². The van der Waals surface area contributed by atoms with Crippen LogP contribution in [-0.2, 0) is 22.3 Å².